The third kappa shape index (κ3) is 4.72. The van der Waals surface area contributed by atoms with E-state index in [1.165, 1.54) is 12.8 Å². The Balaban J connectivity index is 1.57. The molecule has 1 aliphatic heterocycles. The molecule has 26 heavy (non-hydrogen) atoms. The summed E-state index contributed by atoms with van der Waals surface area (Å²) in [5, 5.41) is 3.10. The fourth-order valence-corrected chi connectivity index (χ4v) is 4.87. The zero-order chi connectivity index (χ0) is 18.6. The number of hydrogen-bond acceptors (Lipinski definition) is 6. The van der Waals surface area contributed by atoms with Crippen molar-refractivity contribution in [2.45, 2.75) is 24.7 Å². The largest absolute Gasteiger partial charge is 0.356 e. The Hall–Kier alpha value is -1.71. The smallest absolute Gasteiger partial charge is 0.241 e. The van der Waals surface area contributed by atoms with Crippen LogP contribution in [-0.4, -0.2) is 44.6 Å². The van der Waals surface area contributed by atoms with E-state index in [1.54, 1.807) is 24.3 Å². The molecule has 7 nitrogen and oxygen atoms in total. The van der Waals surface area contributed by atoms with Gasteiger partial charge in [0.25, 0.3) is 0 Å². The van der Waals surface area contributed by atoms with Crippen LogP contribution < -0.4 is 14.9 Å². The molecule has 9 heteroatoms. The zero-order valence-electron chi connectivity index (χ0n) is 14.6. The summed E-state index contributed by atoms with van der Waals surface area (Å²) in [7, 11) is -3.56. The number of aromatic nitrogens is 2. The van der Waals surface area contributed by atoms with Crippen LogP contribution in [0, 0.1) is 6.92 Å². The van der Waals surface area contributed by atoms with E-state index in [4.69, 9.17) is 0 Å². The van der Waals surface area contributed by atoms with E-state index in [0.29, 0.717) is 17.0 Å². The van der Waals surface area contributed by atoms with Gasteiger partial charge in [0.05, 0.1) is 4.90 Å². The maximum absolute atomic E-state index is 12.3. The van der Waals surface area contributed by atoms with Gasteiger partial charge in [-0.25, -0.2) is 18.1 Å². The van der Waals surface area contributed by atoms with Gasteiger partial charge < -0.3 is 10.2 Å². The third-order valence-corrected chi connectivity index (χ3v) is 6.57. The maximum Gasteiger partial charge on any atom is 0.241 e. The van der Waals surface area contributed by atoms with E-state index in [-0.39, 0.29) is 11.4 Å². The molecule has 0 amide bonds. The molecule has 2 aromatic rings. The minimum absolute atomic E-state index is 0.225. The van der Waals surface area contributed by atoms with Crippen molar-refractivity contribution in [1.29, 1.82) is 0 Å². The van der Waals surface area contributed by atoms with Crippen molar-refractivity contribution in [1.82, 2.24) is 14.7 Å². The Morgan fingerprint density at radius 1 is 1.15 bits per heavy atom. The van der Waals surface area contributed by atoms with Crippen LogP contribution in [0.2, 0.25) is 0 Å². The molecule has 1 aromatic heterocycles. The summed E-state index contributed by atoms with van der Waals surface area (Å²) < 4.78 is 27.8. The summed E-state index contributed by atoms with van der Waals surface area (Å²) in [5.74, 6) is 1.44. The van der Waals surface area contributed by atoms with Gasteiger partial charge in [0.15, 0.2) is 0 Å². The maximum atomic E-state index is 12.3. The van der Waals surface area contributed by atoms with Gasteiger partial charge in [-0.05, 0) is 47.8 Å². The van der Waals surface area contributed by atoms with Gasteiger partial charge in [-0.3, -0.25) is 0 Å². The predicted molar refractivity (Wildman–Crippen MR) is 106 cm³/mol. The lowest BCUT2D eigenvalue weighted by atomic mass is 10.4. The van der Waals surface area contributed by atoms with E-state index in [1.807, 2.05) is 13.0 Å². The quantitative estimate of drug-likeness (QED) is 0.644. The summed E-state index contributed by atoms with van der Waals surface area (Å²) in [6.45, 7) is 4.60. The standard InChI is InChI=1S/C17H22BrN5O2S/c1-13-12-16(23-10-4-5-11-23)22-17(21-13)19-8-9-20-26(24,25)15-7-3-2-6-14(15)18/h2-3,6-7,12,20H,4-5,8-11H2,1H3,(H,19,21,22). The number of sulfonamides is 1. The highest BCUT2D eigenvalue weighted by Gasteiger charge is 2.17. The van der Waals surface area contributed by atoms with Crippen LogP contribution in [0.5, 0.6) is 0 Å². The number of aryl methyl sites for hydroxylation is 1. The molecule has 0 spiro atoms. The van der Waals surface area contributed by atoms with Gasteiger partial charge in [-0.15, -0.1) is 0 Å². The minimum atomic E-state index is -3.56. The van der Waals surface area contributed by atoms with Crippen LogP contribution in [0.25, 0.3) is 0 Å². The van der Waals surface area contributed by atoms with E-state index < -0.39 is 10.0 Å². The molecule has 3 rings (SSSR count). The van der Waals surface area contributed by atoms with E-state index in [0.717, 1.165) is 24.6 Å². The third-order valence-electron chi connectivity index (χ3n) is 4.10. The van der Waals surface area contributed by atoms with Crippen LogP contribution in [0.4, 0.5) is 11.8 Å². The number of anilines is 2. The fourth-order valence-electron chi connectivity index (χ4n) is 2.84. The van der Waals surface area contributed by atoms with Gasteiger partial charge in [0.2, 0.25) is 16.0 Å². The lowest BCUT2D eigenvalue weighted by molar-refractivity contribution is 0.582. The molecule has 0 saturated carbocycles. The molecule has 0 bridgehead atoms. The summed E-state index contributed by atoms with van der Waals surface area (Å²) >= 11 is 3.27. The molecule has 0 radical (unpaired) electrons. The topological polar surface area (TPSA) is 87.2 Å². The lowest BCUT2D eigenvalue weighted by Gasteiger charge is -2.17. The molecule has 0 aliphatic carbocycles. The molecule has 0 unspecified atom stereocenters. The molecule has 1 aromatic carbocycles. The molecule has 2 N–H and O–H groups in total. The summed E-state index contributed by atoms with van der Waals surface area (Å²) in [6.07, 6.45) is 2.37. The molecule has 1 fully saturated rings. The highest BCUT2D eigenvalue weighted by Crippen LogP contribution is 2.21. The van der Waals surface area contributed by atoms with Crippen molar-refractivity contribution >= 4 is 37.7 Å². The highest BCUT2D eigenvalue weighted by molar-refractivity contribution is 9.10. The first kappa shape index (κ1) is 19.1. The van der Waals surface area contributed by atoms with Gasteiger partial charge in [0, 0.05) is 42.4 Å². The zero-order valence-corrected chi connectivity index (χ0v) is 17.0. The normalized spacial score (nSPS) is 14.6. The summed E-state index contributed by atoms with van der Waals surface area (Å²) in [6, 6.07) is 8.71. The number of benzene rings is 1. The second-order valence-corrected chi connectivity index (χ2v) is 8.73. The number of hydrogen-bond donors (Lipinski definition) is 2. The number of rotatable bonds is 7. The Morgan fingerprint density at radius 2 is 1.88 bits per heavy atom. The van der Waals surface area contributed by atoms with Gasteiger partial charge in [-0.1, -0.05) is 12.1 Å². The van der Waals surface area contributed by atoms with Crippen LogP contribution in [0.3, 0.4) is 0 Å². The van der Waals surface area contributed by atoms with E-state index in [9.17, 15) is 8.42 Å². The van der Waals surface area contributed by atoms with Crippen molar-refractivity contribution in [3.63, 3.8) is 0 Å². The first-order valence-corrected chi connectivity index (χ1v) is 10.8. The lowest BCUT2D eigenvalue weighted by Crippen LogP contribution is -2.29. The molecule has 2 heterocycles. The van der Waals surface area contributed by atoms with Crippen molar-refractivity contribution in [2.24, 2.45) is 0 Å². The fraction of sp³-hybridized carbons (Fsp3) is 0.412. The molecule has 0 atom stereocenters. The average molecular weight is 440 g/mol. The number of nitrogens with zero attached hydrogens (tertiary/aromatic N) is 3. The van der Waals surface area contributed by atoms with E-state index >= 15 is 0 Å². The minimum Gasteiger partial charge on any atom is -0.356 e. The molecular weight excluding hydrogens is 418 g/mol. The van der Waals surface area contributed by atoms with Crippen LogP contribution >= 0.6 is 15.9 Å². The number of nitrogens with one attached hydrogen (secondary N) is 2. The van der Waals surface area contributed by atoms with Crippen molar-refractivity contribution in [2.75, 3.05) is 36.4 Å². The number of halogens is 1. The van der Waals surface area contributed by atoms with Gasteiger partial charge in [0.1, 0.15) is 5.82 Å². The SMILES string of the molecule is Cc1cc(N2CCCC2)nc(NCCNS(=O)(=O)c2ccccc2Br)n1. The predicted octanol–water partition coefficient (Wildman–Crippen LogP) is 2.54. The monoisotopic (exact) mass is 439 g/mol. The molecular formula is C17H22BrN5O2S. The van der Waals surface area contributed by atoms with E-state index in [2.05, 4.69) is 40.8 Å². The van der Waals surface area contributed by atoms with Crippen LogP contribution in [-0.2, 0) is 10.0 Å². The first-order valence-electron chi connectivity index (χ1n) is 8.54. The van der Waals surface area contributed by atoms with Gasteiger partial charge in [-0.2, -0.15) is 4.98 Å². The highest BCUT2D eigenvalue weighted by atomic mass is 79.9. The second kappa shape index (κ2) is 8.32. The Kier molecular flexibility index (Phi) is 6.10. The van der Waals surface area contributed by atoms with Gasteiger partial charge >= 0.3 is 0 Å². The van der Waals surface area contributed by atoms with Crippen molar-refractivity contribution in [3.05, 3.63) is 40.5 Å². The van der Waals surface area contributed by atoms with Crippen molar-refractivity contribution in [3.8, 4) is 0 Å². The molecule has 140 valence electrons. The first-order chi connectivity index (χ1) is 12.5. The second-order valence-electron chi connectivity index (χ2n) is 6.14. The van der Waals surface area contributed by atoms with Crippen LogP contribution in [0.1, 0.15) is 18.5 Å². The molecule has 1 aliphatic rings. The Bertz CT molecular complexity index is 869. The average Bonchev–Trinajstić information content (AvgIpc) is 3.13. The Labute approximate surface area is 162 Å². The summed E-state index contributed by atoms with van der Waals surface area (Å²) in [4.78, 5) is 11.4. The Morgan fingerprint density at radius 3 is 2.62 bits per heavy atom. The van der Waals surface area contributed by atoms with Crippen LogP contribution in [0.15, 0.2) is 39.7 Å². The summed E-state index contributed by atoms with van der Waals surface area (Å²) in [5.41, 5.74) is 0.887. The molecule has 1 saturated heterocycles. The van der Waals surface area contributed by atoms with Crippen molar-refractivity contribution < 1.29 is 8.42 Å².